The minimum absolute atomic E-state index is 0.00799. The average molecular weight is 1090 g/mol. The number of aromatic nitrogens is 5. The largest absolute Gasteiger partial charge is 0.507 e. The number of piperazine rings is 1. The highest BCUT2D eigenvalue weighted by Gasteiger charge is 2.45. The average Bonchev–Trinajstić information content (AvgIpc) is 4.41. The summed E-state index contributed by atoms with van der Waals surface area (Å²) in [6.45, 7) is 11.4. The van der Waals surface area contributed by atoms with Gasteiger partial charge in [-0.2, -0.15) is 0 Å². The van der Waals surface area contributed by atoms with E-state index < -0.39 is 18.1 Å². The van der Waals surface area contributed by atoms with Crippen molar-refractivity contribution in [2.45, 2.75) is 152 Å². The van der Waals surface area contributed by atoms with Crippen LogP contribution in [0.5, 0.6) is 17.5 Å². The molecule has 3 unspecified atom stereocenters. The number of ether oxygens (including phenoxy) is 3. The predicted octanol–water partition coefficient (Wildman–Crippen LogP) is 7.68. The molecule has 20 heteroatoms. The Morgan fingerprint density at radius 2 is 1.54 bits per heavy atom. The van der Waals surface area contributed by atoms with E-state index in [2.05, 4.69) is 57.5 Å². The molecule has 2 aromatic carbocycles. The monoisotopic (exact) mass is 1090 g/mol. The van der Waals surface area contributed by atoms with Crippen LogP contribution in [0.25, 0.3) is 21.7 Å². The highest BCUT2D eigenvalue weighted by atomic mass is 32.1. The number of aromatic hydroxyl groups is 1. The number of phenolic OH excluding ortho intramolecular Hbond substituents is 1. The number of aryl methyl sites for hydroxylation is 1. The number of benzene rings is 2. The number of nitrogens with one attached hydrogen (secondary N) is 1. The van der Waals surface area contributed by atoms with Crippen LogP contribution in [0, 0.1) is 12.8 Å². The Labute approximate surface area is 464 Å². The molecule has 19 nitrogen and oxygen atoms in total. The molecule has 12 rings (SSSR count). The van der Waals surface area contributed by atoms with Crippen LogP contribution in [-0.2, 0) is 14.3 Å². The van der Waals surface area contributed by atoms with Gasteiger partial charge in [0.15, 0.2) is 11.6 Å². The minimum atomic E-state index is -0.824. The van der Waals surface area contributed by atoms with Gasteiger partial charge in [0, 0.05) is 113 Å². The first-order valence-electron chi connectivity index (χ1n) is 28.2. The van der Waals surface area contributed by atoms with E-state index in [0.29, 0.717) is 52.7 Å². The third kappa shape index (κ3) is 11.1. The summed E-state index contributed by atoms with van der Waals surface area (Å²) < 4.78 is 25.1. The minimum Gasteiger partial charge on any atom is -0.507 e. The summed E-state index contributed by atoms with van der Waals surface area (Å²) in [5, 5.41) is 37.1. The Hall–Kier alpha value is -6.87. The van der Waals surface area contributed by atoms with Crippen LogP contribution in [-0.4, -0.2) is 145 Å². The second-order valence-corrected chi connectivity index (χ2v) is 23.8. The topological polar surface area (TPSA) is 231 Å². The van der Waals surface area contributed by atoms with Crippen LogP contribution in [0.1, 0.15) is 108 Å². The van der Waals surface area contributed by atoms with Crippen molar-refractivity contribution in [2.24, 2.45) is 5.92 Å². The van der Waals surface area contributed by atoms with E-state index in [1.54, 1.807) is 29.5 Å². The molecule has 6 aromatic rings. The number of anilines is 3. The SMILES string of the molecule is Cc1ncsc1-c1ccc([C@H](C)NC(=O)[C@@H]2C[C@@H](O)CN2C(=O)C(c2cc(OC3CC(N4CCC(OC5CC(Oc6cc(N7C8CCC7CN(c7cc(-c9ccccc9O)nnc7N)C8)ccn6)C5)CC4)C3)no2)C(C)C)cc1. The van der Waals surface area contributed by atoms with Gasteiger partial charge in [0.05, 0.1) is 51.8 Å². The summed E-state index contributed by atoms with van der Waals surface area (Å²) in [6.07, 6.45) is 9.23. The molecule has 5 N–H and O–H groups in total. The number of piperidine rings is 1. The second kappa shape index (κ2) is 22.3. The predicted molar refractivity (Wildman–Crippen MR) is 299 cm³/mol. The molecular formula is C59H71N11O8S. The fraction of sp³-hybridized carbons (Fsp3) is 0.508. The number of β-amino-alcohol motifs (C(OH)–C–C–N with tert-alkyl or cyclic N) is 1. The first kappa shape index (κ1) is 52.8. The zero-order valence-corrected chi connectivity index (χ0v) is 46.1. The number of aliphatic hydroxyl groups excluding tert-OH is 1. The summed E-state index contributed by atoms with van der Waals surface area (Å²) in [4.78, 5) is 47.1. The number of para-hydroxylation sites is 1. The van der Waals surface area contributed by atoms with Crippen molar-refractivity contribution in [3.8, 4) is 39.2 Å². The van der Waals surface area contributed by atoms with Crippen LogP contribution in [0.4, 0.5) is 17.2 Å². The van der Waals surface area contributed by atoms with Gasteiger partial charge in [0.25, 0.3) is 5.88 Å². The van der Waals surface area contributed by atoms with Gasteiger partial charge in [-0.05, 0) is 86.0 Å². The van der Waals surface area contributed by atoms with Gasteiger partial charge < -0.3 is 54.7 Å². The molecular weight excluding hydrogens is 1020 g/mol. The first-order valence-corrected chi connectivity index (χ1v) is 29.1. The van der Waals surface area contributed by atoms with Gasteiger partial charge in [0.1, 0.15) is 29.9 Å². The fourth-order valence-corrected chi connectivity index (χ4v) is 13.7. The van der Waals surface area contributed by atoms with Crippen molar-refractivity contribution in [3.63, 3.8) is 0 Å². The van der Waals surface area contributed by atoms with Gasteiger partial charge in [-0.15, -0.1) is 21.5 Å². The molecule has 4 saturated heterocycles. The second-order valence-electron chi connectivity index (χ2n) is 22.9. The van der Waals surface area contributed by atoms with Crippen LogP contribution in [0.15, 0.2) is 89.0 Å². The maximum absolute atomic E-state index is 14.3. The molecule has 2 amide bonds. The van der Waals surface area contributed by atoms with Gasteiger partial charge in [-0.3, -0.25) is 14.5 Å². The van der Waals surface area contributed by atoms with Gasteiger partial charge in [-0.25, -0.2) is 9.97 Å². The number of nitrogens with zero attached hydrogens (tertiary/aromatic N) is 9. The molecule has 2 aliphatic carbocycles. The number of hydrogen-bond acceptors (Lipinski definition) is 18. The summed E-state index contributed by atoms with van der Waals surface area (Å²) in [5.74, 6) is 0.466. The Balaban J connectivity index is 0.567. The van der Waals surface area contributed by atoms with E-state index in [9.17, 15) is 19.8 Å². The van der Waals surface area contributed by atoms with Crippen LogP contribution < -0.4 is 30.3 Å². The number of phenols is 1. The molecule has 4 aromatic heterocycles. The number of carbonyl (C=O) groups excluding carboxylic acids is 2. The van der Waals surface area contributed by atoms with E-state index in [1.165, 1.54) is 4.90 Å². The lowest BCUT2D eigenvalue weighted by Gasteiger charge is -2.46. The summed E-state index contributed by atoms with van der Waals surface area (Å²) in [7, 11) is 0. The number of aliphatic hydroxyl groups is 1. The number of fused-ring (bicyclic) bond motifs is 2. The summed E-state index contributed by atoms with van der Waals surface area (Å²) in [6, 6.07) is 22.9. The maximum Gasteiger partial charge on any atom is 0.254 e. The number of thiazole rings is 1. The number of rotatable bonds is 17. The normalized spacial score (nSPS) is 25.9. The molecule has 0 radical (unpaired) electrons. The maximum atomic E-state index is 14.3. The quantitative estimate of drug-likeness (QED) is 0.0686. The van der Waals surface area contributed by atoms with E-state index in [-0.39, 0.29) is 66.9 Å². The van der Waals surface area contributed by atoms with Gasteiger partial charge in [0.2, 0.25) is 17.7 Å². The van der Waals surface area contributed by atoms with Crippen molar-refractivity contribution < 1.29 is 38.5 Å². The van der Waals surface area contributed by atoms with Crippen LogP contribution in [0.3, 0.4) is 0 Å². The standard InChI is InChI=1S/C59H71N11O8S/c1-33(2)55(59(74)69-31-42(71)24-50(69)58(73)63-34(3)36-9-11-37(12-10-36)56-35(4)62-32-79-56)52-28-54(66-78-52)77-44-21-41(22-44)67-19-16-43(17-20-67)75-45-25-46(26-45)76-53-23-38(15-18-61-53)70-39-13-14-40(70)30-68(29-39)49-27-48(64-65-57(49)60)47-7-5-6-8-51(47)72/h5-12,15,18,23,27-28,32-34,39-46,50,55,71-72H,13-14,16-17,19-22,24-26,29-31H2,1-4H3,(H2,60,65)(H,63,73)/t34-,39?,40?,41?,42+,44?,45?,46?,50-,55?/m0/s1. The molecule has 6 fully saturated rings. The number of hydrogen-bond donors (Lipinski definition) is 4. The summed E-state index contributed by atoms with van der Waals surface area (Å²) in [5.41, 5.74) is 14.4. The van der Waals surface area contributed by atoms with E-state index in [0.717, 1.165) is 111 Å². The van der Waals surface area contributed by atoms with Crippen molar-refractivity contribution >= 4 is 40.3 Å². The molecule has 416 valence electrons. The van der Waals surface area contributed by atoms with Crippen LogP contribution in [0.2, 0.25) is 0 Å². The van der Waals surface area contributed by atoms with Crippen molar-refractivity contribution in [1.82, 2.24) is 40.4 Å². The van der Waals surface area contributed by atoms with Crippen molar-refractivity contribution in [3.05, 3.63) is 102 Å². The Kier molecular flexibility index (Phi) is 14.9. The first-order chi connectivity index (χ1) is 38.3. The highest BCUT2D eigenvalue weighted by Crippen LogP contribution is 2.42. The summed E-state index contributed by atoms with van der Waals surface area (Å²) >= 11 is 1.59. The van der Waals surface area contributed by atoms with Crippen molar-refractivity contribution in [1.29, 1.82) is 0 Å². The molecule has 2 bridgehead atoms. The Bertz CT molecular complexity index is 3100. The molecule has 6 aliphatic rings. The molecule has 6 atom stereocenters. The van der Waals surface area contributed by atoms with Crippen LogP contribution >= 0.6 is 11.3 Å². The molecule has 79 heavy (non-hydrogen) atoms. The Morgan fingerprint density at radius 1 is 0.810 bits per heavy atom. The number of likely N-dealkylation sites (tertiary alicyclic amines) is 2. The highest BCUT2D eigenvalue weighted by molar-refractivity contribution is 7.13. The van der Waals surface area contributed by atoms with E-state index in [4.69, 9.17) is 24.5 Å². The van der Waals surface area contributed by atoms with Gasteiger partial charge in [-0.1, -0.05) is 50.2 Å². The zero-order valence-electron chi connectivity index (χ0n) is 45.3. The zero-order chi connectivity index (χ0) is 54.5. The molecule has 2 saturated carbocycles. The number of pyridine rings is 1. The Morgan fingerprint density at radius 3 is 2.27 bits per heavy atom. The van der Waals surface area contributed by atoms with Gasteiger partial charge >= 0.3 is 0 Å². The molecule has 8 heterocycles. The number of carbonyl (C=O) groups is 2. The third-order valence-corrected chi connectivity index (χ3v) is 18.3. The smallest absolute Gasteiger partial charge is 0.254 e. The number of nitrogen functional groups attached to an aromatic ring is 1. The number of amides is 2. The van der Waals surface area contributed by atoms with Crippen molar-refractivity contribution in [2.75, 3.05) is 48.3 Å². The molecule has 4 aliphatic heterocycles. The number of nitrogens with two attached hydrogens (primary N) is 1. The van der Waals surface area contributed by atoms with E-state index in [1.807, 2.05) is 81.9 Å². The lowest BCUT2D eigenvalue weighted by molar-refractivity contribution is -0.141. The lowest BCUT2D eigenvalue weighted by Crippen LogP contribution is -2.54. The molecule has 0 spiro atoms. The third-order valence-electron chi connectivity index (χ3n) is 17.3. The fourth-order valence-electron chi connectivity index (χ4n) is 12.8. The lowest BCUT2D eigenvalue weighted by atomic mass is 9.86. The van der Waals surface area contributed by atoms with E-state index >= 15 is 0 Å².